The van der Waals surface area contributed by atoms with Crippen molar-refractivity contribution in [3.8, 4) is 11.4 Å². The third kappa shape index (κ3) is 2.06. The van der Waals surface area contributed by atoms with Crippen molar-refractivity contribution in [3.05, 3.63) is 59.4 Å². The molecule has 0 bridgehead atoms. The lowest BCUT2D eigenvalue weighted by Gasteiger charge is -2.00. The van der Waals surface area contributed by atoms with Crippen molar-refractivity contribution in [3.63, 3.8) is 0 Å². The average molecular weight is 272 g/mol. The van der Waals surface area contributed by atoms with E-state index in [0.29, 0.717) is 10.7 Å². The fraction of sp³-hybridized carbons (Fsp3) is 0. The van der Waals surface area contributed by atoms with Crippen LogP contribution in [0.5, 0.6) is 0 Å². The molecule has 0 aliphatic rings. The summed E-state index contributed by atoms with van der Waals surface area (Å²) in [6.45, 7) is 0. The van der Waals surface area contributed by atoms with Gasteiger partial charge in [0.25, 0.3) is 0 Å². The zero-order chi connectivity index (χ0) is 13.2. The van der Waals surface area contributed by atoms with Crippen molar-refractivity contribution in [2.45, 2.75) is 0 Å². The van der Waals surface area contributed by atoms with Crippen molar-refractivity contribution >= 4 is 23.3 Å². The third-order valence-corrected chi connectivity index (χ3v) is 3.11. The average Bonchev–Trinajstić information content (AvgIpc) is 2.80. The lowest BCUT2D eigenvalue weighted by molar-refractivity contribution is 0.322. The van der Waals surface area contributed by atoms with Gasteiger partial charge in [-0.2, -0.15) is 0 Å². The smallest absolute Gasteiger partial charge is 0.145 e. The number of fused-ring (bicyclic) bond motifs is 1. The molecule has 5 heteroatoms. The van der Waals surface area contributed by atoms with Crippen LogP contribution in [0.3, 0.4) is 0 Å². The van der Waals surface area contributed by atoms with E-state index in [4.69, 9.17) is 16.8 Å². The number of oxime groups is 1. The van der Waals surface area contributed by atoms with Crippen molar-refractivity contribution in [1.82, 2.24) is 9.38 Å². The van der Waals surface area contributed by atoms with Crippen LogP contribution in [0.15, 0.2) is 53.8 Å². The Labute approximate surface area is 114 Å². The SMILES string of the molecule is O/N=C\c1nc(-c2ccc(Cl)cc2)n2ccccc12. The van der Waals surface area contributed by atoms with Gasteiger partial charge in [0.2, 0.25) is 0 Å². The summed E-state index contributed by atoms with van der Waals surface area (Å²) < 4.78 is 1.94. The minimum Gasteiger partial charge on any atom is -0.411 e. The van der Waals surface area contributed by atoms with E-state index in [1.807, 2.05) is 53.1 Å². The zero-order valence-electron chi connectivity index (χ0n) is 9.86. The van der Waals surface area contributed by atoms with Gasteiger partial charge in [-0.25, -0.2) is 4.98 Å². The molecule has 19 heavy (non-hydrogen) atoms. The molecule has 0 aliphatic carbocycles. The number of aromatic nitrogens is 2. The Balaban J connectivity index is 2.26. The molecule has 0 aliphatic heterocycles. The lowest BCUT2D eigenvalue weighted by atomic mass is 10.2. The van der Waals surface area contributed by atoms with Gasteiger partial charge in [-0.05, 0) is 36.4 Å². The molecule has 2 heterocycles. The van der Waals surface area contributed by atoms with Crippen LogP contribution in [0, 0.1) is 0 Å². The number of halogens is 1. The molecule has 3 aromatic rings. The summed E-state index contributed by atoms with van der Waals surface area (Å²) in [7, 11) is 0. The maximum Gasteiger partial charge on any atom is 0.145 e. The van der Waals surface area contributed by atoms with E-state index in [9.17, 15) is 0 Å². The fourth-order valence-electron chi connectivity index (χ4n) is 2.01. The van der Waals surface area contributed by atoms with Crippen LogP contribution in [-0.2, 0) is 0 Å². The summed E-state index contributed by atoms with van der Waals surface area (Å²) in [5.74, 6) is 0.780. The second-order valence-electron chi connectivity index (χ2n) is 4.03. The number of rotatable bonds is 2. The Hall–Kier alpha value is -2.33. The van der Waals surface area contributed by atoms with E-state index in [1.54, 1.807) is 0 Å². The van der Waals surface area contributed by atoms with Gasteiger partial charge in [-0.15, -0.1) is 0 Å². The van der Waals surface area contributed by atoms with Crippen molar-refractivity contribution in [2.75, 3.05) is 0 Å². The van der Waals surface area contributed by atoms with Crippen molar-refractivity contribution in [1.29, 1.82) is 0 Å². The van der Waals surface area contributed by atoms with Gasteiger partial charge in [0, 0.05) is 16.8 Å². The van der Waals surface area contributed by atoms with E-state index in [2.05, 4.69) is 10.1 Å². The third-order valence-electron chi connectivity index (χ3n) is 2.86. The highest BCUT2D eigenvalue weighted by molar-refractivity contribution is 6.30. The van der Waals surface area contributed by atoms with E-state index >= 15 is 0 Å². The molecular formula is C14H10ClN3O. The highest BCUT2D eigenvalue weighted by Gasteiger charge is 2.10. The first-order chi connectivity index (χ1) is 9.29. The number of benzene rings is 1. The minimum atomic E-state index is 0.619. The largest absolute Gasteiger partial charge is 0.411 e. The molecule has 4 nitrogen and oxygen atoms in total. The van der Waals surface area contributed by atoms with Gasteiger partial charge in [0.1, 0.15) is 11.5 Å². The molecule has 0 radical (unpaired) electrons. The summed E-state index contributed by atoms with van der Waals surface area (Å²) in [4.78, 5) is 4.49. The summed E-state index contributed by atoms with van der Waals surface area (Å²) in [6.07, 6.45) is 3.25. The van der Waals surface area contributed by atoms with Crippen LogP contribution in [0.4, 0.5) is 0 Å². The predicted molar refractivity (Wildman–Crippen MR) is 75.0 cm³/mol. The van der Waals surface area contributed by atoms with Gasteiger partial charge in [-0.3, -0.25) is 4.40 Å². The molecule has 2 aromatic heterocycles. The van der Waals surface area contributed by atoms with Crippen LogP contribution in [0.1, 0.15) is 5.69 Å². The first-order valence-corrected chi connectivity index (χ1v) is 6.08. The normalized spacial score (nSPS) is 11.4. The Kier molecular flexibility index (Phi) is 2.93. The molecule has 0 fully saturated rings. The van der Waals surface area contributed by atoms with E-state index in [0.717, 1.165) is 16.9 Å². The summed E-state index contributed by atoms with van der Waals surface area (Å²) in [6, 6.07) is 13.2. The Morgan fingerprint density at radius 1 is 1.16 bits per heavy atom. The topological polar surface area (TPSA) is 49.9 Å². The standard InChI is InChI=1S/C14H10ClN3O/c15-11-6-4-10(5-7-11)14-17-12(9-16-19)13-3-1-2-8-18(13)14/h1-9,19H/b16-9-. The number of hydrogen-bond donors (Lipinski definition) is 1. The number of nitrogens with zero attached hydrogens (tertiary/aromatic N) is 3. The number of imidazole rings is 1. The summed E-state index contributed by atoms with van der Waals surface area (Å²) in [5.41, 5.74) is 2.45. The monoisotopic (exact) mass is 271 g/mol. The first-order valence-electron chi connectivity index (χ1n) is 5.70. The summed E-state index contributed by atoms with van der Waals surface area (Å²) >= 11 is 5.89. The van der Waals surface area contributed by atoms with Crippen LogP contribution >= 0.6 is 11.6 Å². The molecule has 0 amide bonds. The van der Waals surface area contributed by atoms with Gasteiger partial charge in [0.05, 0.1) is 11.7 Å². The van der Waals surface area contributed by atoms with Crippen LogP contribution in [0.25, 0.3) is 16.9 Å². The van der Waals surface area contributed by atoms with E-state index in [1.165, 1.54) is 6.21 Å². The zero-order valence-corrected chi connectivity index (χ0v) is 10.6. The molecule has 1 N–H and O–H groups in total. The lowest BCUT2D eigenvalue weighted by Crippen LogP contribution is -1.87. The predicted octanol–water partition coefficient (Wildman–Crippen LogP) is 3.46. The second kappa shape index (κ2) is 4.74. The number of pyridine rings is 1. The summed E-state index contributed by atoms with van der Waals surface area (Å²) in [5, 5.41) is 12.4. The van der Waals surface area contributed by atoms with Crippen LogP contribution in [0.2, 0.25) is 5.02 Å². The molecule has 0 atom stereocenters. The van der Waals surface area contributed by atoms with Crippen molar-refractivity contribution < 1.29 is 5.21 Å². The molecule has 3 rings (SSSR count). The Morgan fingerprint density at radius 3 is 2.68 bits per heavy atom. The van der Waals surface area contributed by atoms with Crippen LogP contribution in [-0.4, -0.2) is 20.8 Å². The Bertz CT molecular complexity index is 747. The number of hydrogen-bond acceptors (Lipinski definition) is 3. The maximum absolute atomic E-state index is 8.70. The molecule has 0 saturated heterocycles. The molecular weight excluding hydrogens is 262 g/mol. The second-order valence-corrected chi connectivity index (χ2v) is 4.46. The van der Waals surface area contributed by atoms with Gasteiger partial charge < -0.3 is 5.21 Å². The Morgan fingerprint density at radius 2 is 1.95 bits per heavy atom. The van der Waals surface area contributed by atoms with Gasteiger partial charge in [0.15, 0.2) is 0 Å². The first kappa shape index (κ1) is 11.7. The molecule has 0 spiro atoms. The van der Waals surface area contributed by atoms with E-state index in [-0.39, 0.29) is 0 Å². The quantitative estimate of drug-likeness (QED) is 0.441. The molecule has 0 saturated carbocycles. The van der Waals surface area contributed by atoms with E-state index < -0.39 is 0 Å². The minimum absolute atomic E-state index is 0.619. The van der Waals surface area contributed by atoms with Crippen LogP contribution < -0.4 is 0 Å². The molecule has 94 valence electrons. The highest BCUT2D eigenvalue weighted by atomic mass is 35.5. The van der Waals surface area contributed by atoms with Crippen molar-refractivity contribution in [2.24, 2.45) is 5.16 Å². The molecule has 1 aromatic carbocycles. The fourth-order valence-corrected chi connectivity index (χ4v) is 2.14. The van der Waals surface area contributed by atoms with Gasteiger partial charge in [-0.1, -0.05) is 22.8 Å². The highest BCUT2D eigenvalue weighted by Crippen LogP contribution is 2.23. The maximum atomic E-state index is 8.70. The van der Waals surface area contributed by atoms with Gasteiger partial charge >= 0.3 is 0 Å². The molecule has 0 unspecified atom stereocenters.